The second kappa shape index (κ2) is 3.98. The number of anilines is 1. The maximum atomic E-state index is 5.66. The fourth-order valence-electron chi connectivity index (χ4n) is 0.835. The summed E-state index contributed by atoms with van der Waals surface area (Å²) in [4.78, 5) is 0. The van der Waals surface area contributed by atoms with Crippen LogP contribution in [0.1, 0.15) is 11.1 Å². The number of nitrogen functional groups attached to an aromatic ring is 1. The monoisotopic (exact) mass is 235 g/mol. The molecule has 1 rings (SSSR count). The highest BCUT2D eigenvalue weighted by molar-refractivity contribution is 9.10. The Morgan fingerprint density at radius 2 is 1.82 bits per heavy atom. The standard InChI is InChI=1S/C8H10BrN.ClH/c1-5-3-4-7(10)6(2)8(5)9;/h3-4H,10H2,1-2H3;1H. The Hall–Kier alpha value is -0.210. The van der Waals surface area contributed by atoms with Crippen LogP contribution >= 0.6 is 28.3 Å². The highest BCUT2D eigenvalue weighted by Gasteiger charge is 2.00. The molecule has 0 atom stereocenters. The van der Waals surface area contributed by atoms with E-state index in [-0.39, 0.29) is 12.4 Å². The van der Waals surface area contributed by atoms with Crippen LogP contribution in [0.4, 0.5) is 5.69 Å². The summed E-state index contributed by atoms with van der Waals surface area (Å²) in [6.07, 6.45) is 0. The molecular formula is C8H11BrClN. The average Bonchev–Trinajstić information content (AvgIpc) is 1.93. The lowest BCUT2D eigenvalue weighted by Crippen LogP contribution is -1.91. The Morgan fingerprint density at radius 3 is 2.27 bits per heavy atom. The fourth-order valence-corrected chi connectivity index (χ4v) is 1.20. The fraction of sp³-hybridized carbons (Fsp3) is 0.250. The van der Waals surface area contributed by atoms with E-state index in [4.69, 9.17) is 5.73 Å². The van der Waals surface area contributed by atoms with E-state index >= 15 is 0 Å². The zero-order valence-electron chi connectivity index (χ0n) is 6.52. The maximum Gasteiger partial charge on any atom is 0.0355 e. The lowest BCUT2D eigenvalue weighted by atomic mass is 10.1. The molecule has 0 aliphatic heterocycles. The van der Waals surface area contributed by atoms with E-state index in [1.807, 2.05) is 19.1 Å². The third-order valence-electron chi connectivity index (χ3n) is 1.62. The van der Waals surface area contributed by atoms with Crippen LogP contribution in [0, 0.1) is 13.8 Å². The van der Waals surface area contributed by atoms with Crippen molar-refractivity contribution in [3.8, 4) is 0 Å². The molecule has 3 heteroatoms. The van der Waals surface area contributed by atoms with Crippen molar-refractivity contribution in [2.24, 2.45) is 0 Å². The first-order chi connectivity index (χ1) is 4.63. The molecule has 1 aromatic rings. The molecule has 0 aliphatic carbocycles. The van der Waals surface area contributed by atoms with Gasteiger partial charge in [-0.25, -0.2) is 0 Å². The van der Waals surface area contributed by atoms with Crippen molar-refractivity contribution < 1.29 is 0 Å². The first-order valence-corrected chi connectivity index (χ1v) is 3.93. The molecule has 0 saturated heterocycles. The van der Waals surface area contributed by atoms with Gasteiger partial charge in [-0.3, -0.25) is 0 Å². The average molecular weight is 237 g/mol. The summed E-state index contributed by atoms with van der Waals surface area (Å²) in [5.74, 6) is 0. The van der Waals surface area contributed by atoms with Crippen molar-refractivity contribution in [2.75, 3.05) is 5.73 Å². The minimum Gasteiger partial charge on any atom is -0.398 e. The minimum absolute atomic E-state index is 0. The number of benzene rings is 1. The number of rotatable bonds is 0. The molecule has 0 amide bonds. The van der Waals surface area contributed by atoms with Crippen LogP contribution in [0.3, 0.4) is 0 Å². The molecule has 0 spiro atoms. The zero-order chi connectivity index (χ0) is 7.72. The van der Waals surface area contributed by atoms with Gasteiger partial charge in [0.15, 0.2) is 0 Å². The maximum absolute atomic E-state index is 5.66. The topological polar surface area (TPSA) is 26.0 Å². The molecule has 0 radical (unpaired) electrons. The Labute approximate surface area is 81.5 Å². The molecule has 0 bridgehead atoms. The van der Waals surface area contributed by atoms with E-state index in [0.29, 0.717) is 0 Å². The van der Waals surface area contributed by atoms with Gasteiger partial charge in [-0.15, -0.1) is 12.4 Å². The lowest BCUT2D eigenvalue weighted by Gasteiger charge is -2.04. The second-order valence-electron chi connectivity index (χ2n) is 2.41. The second-order valence-corrected chi connectivity index (χ2v) is 3.20. The predicted molar refractivity (Wildman–Crippen MR) is 55.3 cm³/mol. The summed E-state index contributed by atoms with van der Waals surface area (Å²) >= 11 is 3.45. The zero-order valence-corrected chi connectivity index (χ0v) is 8.92. The van der Waals surface area contributed by atoms with E-state index in [1.54, 1.807) is 0 Å². The van der Waals surface area contributed by atoms with E-state index < -0.39 is 0 Å². The number of hydrogen-bond donors (Lipinski definition) is 1. The highest BCUT2D eigenvalue weighted by Crippen LogP contribution is 2.24. The third-order valence-corrected chi connectivity index (χ3v) is 2.84. The number of nitrogens with two attached hydrogens (primary N) is 1. The SMILES string of the molecule is Cc1ccc(N)c(C)c1Br.Cl. The van der Waals surface area contributed by atoms with Gasteiger partial charge in [-0.05, 0) is 31.0 Å². The Morgan fingerprint density at radius 1 is 1.27 bits per heavy atom. The molecule has 0 fully saturated rings. The van der Waals surface area contributed by atoms with Gasteiger partial charge >= 0.3 is 0 Å². The summed E-state index contributed by atoms with van der Waals surface area (Å²) in [5, 5.41) is 0. The highest BCUT2D eigenvalue weighted by atomic mass is 79.9. The van der Waals surface area contributed by atoms with Gasteiger partial charge < -0.3 is 5.73 Å². The lowest BCUT2D eigenvalue weighted by molar-refractivity contribution is 1.35. The van der Waals surface area contributed by atoms with Crippen LogP contribution in [-0.4, -0.2) is 0 Å². The number of halogens is 2. The van der Waals surface area contributed by atoms with E-state index in [0.717, 1.165) is 15.7 Å². The summed E-state index contributed by atoms with van der Waals surface area (Å²) in [5.41, 5.74) is 8.86. The molecule has 0 aliphatic rings. The smallest absolute Gasteiger partial charge is 0.0355 e. The van der Waals surface area contributed by atoms with E-state index in [1.165, 1.54) is 5.56 Å². The van der Waals surface area contributed by atoms with Crippen molar-refractivity contribution in [3.05, 3.63) is 27.7 Å². The number of hydrogen-bond acceptors (Lipinski definition) is 1. The van der Waals surface area contributed by atoms with Crippen molar-refractivity contribution in [2.45, 2.75) is 13.8 Å². The normalized spacial score (nSPS) is 9.00. The van der Waals surface area contributed by atoms with Crippen molar-refractivity contribution in [1.82, 2.24) is 0 Å². The van der Waals surface area contributed by atoms with Crippen LogP contribution in [0.25, 0.3) is 0 Å². The van der Waals surface area contributed by atoms with Crippen LogP contribution in [0.5, 0.6) is 0 Å². The van der Waals surface area contributed by atoms with Crippen LogP contribution < -0.4 is 5.73 Å². The summed E-state index contributed by atoms with van der Waals surface area (Å²) in [6, 6.07) is 3.93. The van der Waals surface area contributed by atoms with Gasteiger partial charge in [0.1, 0.15) is 0 Å². The molecule has 0 saturated carbocycles. The quantitative estimate of drug-likeness (QED) is 0.689. The Bertz CT molecular complexity index is 234. The van der Waals surface area contributed by atoms with Crippen LogP contribution in [0.2, 0.25) is 0 Å². The molecule has 0 unspecified atom stereocenters. The van der Waals surface area contributed by atoms with Crippen molar-refractivity contribution >= 4 is 34.0 Å². The largest absolute Gasteiger partial charge is 0.398 e. The first kappa shape index (κ1) is 10.8. The van der Waals surface area contributed by atoms with E-state index in [2.05, 4.69) is 22.9 Å². The van der Waals surface area contributed by atoms with Crippen LogP contribution in [0.15, 0.2) is 16.6 Å². The van der Waals surface area contributed by atoms with Gasteiger partial charge in [-0.1, -0.05) is 22.0 Å². The molecule has 2 N–H and O–H groups in total. The molecular weight excluding hydrogens is 225 g/mol. The third kappa shape index (κ3) is 2.11. The molecule has 0 heterocycles. The molecule has 11 heavy (non-hydrogen) atoms. The molecule has 1 aromatic carbocycles. The summed E-state index contributed by atoms with van der Waals surface area (Å²) in [6.45, 7) is 4.06. The molecule has 62 valence electrons. The first-order valence-electron chi connectivity index (χ1n) is 3.14. The van der Waals surface area contributed by atoms with E-state index in [9.17, 15) is 0 Å². The summed E-state index contributed by atoms with van der Waals surface area (Å²) < 4.78 is 1.12. The van der Waals surface area contributed by atoms with Gasteiger partial charge in [0.05, 0.1) is 0 Å². The Balaban J connectivity index is 0.000001000. The van der Waals surface area contributed by atoms with Crippen molar-refractivity contribution in [3.63, 3.8) is 0 Å². The Kier molecular flexibility index (Phi) is 3.90. The van der Waals surface area contributed by atoms with Crippen molar-refractivity contribution in [1.29, 1.82) is 0 Å². The summed E-state index contributed by atoms with van der Waals surface area (Å²) in [7, 11) is 0. The predicted octanol–water partition coefficient (Wildman–Crippen LogP) is 3.07. The van der Waals surface area contributed by atoms with Crippen LogP contribution in [-0.2, 0) is 0 Å². The van der Waals surface area contributed by atoms with Gasteiger partial charge in [-0.2, -0.15) is 0 Å². The van der Waals surface area contributed by atoms with Gasteiger partial charge in [0.25, 0.3) is 0 Å². The minimum atomic E-state index is 0. The van der Waals surface area contributed by atoms with Gasteiger partial charge in [0, 0.05) is 10.2 Å². The van der Waals surface area contributed by atoms with Gasteiger partial charge in [0.2, 0.25) is 0 Å². The number of aryl methyl sites for hydroxylation is 1. The molecule has 0 aromatic heterocycles. The molecule has 1 nitrogen and oxygen atoms in total.